The summed E-state index contributed by atoms with van der Waals surface area (Å²) in [7, 11) is 1.50. The molecule has 3 aliphatic carbocycles. The van der Waals surface area contributed by atoms with Crippen molar-refractivity contribution in [2.75, 3.05) is 25.5 Å². The molecule has 9 heteroatoms. The van der Waals surface area contributed by atoms with Gasteiger partial charge in [-0.2, -0.15) is 0 Å². The second kappa shape index (κ2) is 10.7. The van der Waals surface area contributed by atoms with Crippen molar-refractivity contribution in [1.29, 1.82) is 0 Å². The first-order chi connectivity index (χ1) is 19.6. The van der Waals surface area contributed by atoms with E-state index in [2.05, 4.69) is 36.0 Å². The summed E-state index contributed by atoms with van der Waals surface area (Å²) in [6, 6.07) is 10.5. The minimum Gasteiger partial charge on any atom is -0.497 e. The lowest BCUT2D eigenvalue weighted by atomic mass is 9.45. The molecule has 0 unspecified atom stereocenters. The second-order valence-corrected chi connectivity index (χ2v) is 12.7. The Labute approximate surface area is 240 Å². The number of aliphatic hydroxyl groups is 1. The molecule has 1 aliphatic heterocycles. The maximum atomic E-state index is 14.4. The minimum absolute atomic E-state index is 0.162. The Balaban J connectivity index is 1.21. The summed E-state index contributed by atoms with van der Waals surface area (Å²) in [6.07, 6.45) is 4.64. The van der Waals surface area contributed by atoms with Crippen molar-refractivity contribution in [2.24, 2.45) is 28.2 Å². The summed E-state index contributed by atoms with van der Waals surface area (Å²) >= 11 is 0. The Hall–Kier alpha value is -3.46. The zero-order valence-electron chi connectivity index (χ0n) is 24.3. The topological polar surface area (TPSA) is 92.0 Å². The highest BCUT2D eigenvalue weighted by molar-refractivity contribution is 5.96. The van der Waals surface area contributed by atoms with Crippen LogP contribution < -0.4 is 15.6 Å². The summed E-state index contributed by atoms with van der Waals surface area (Å²) in [6.45, 7) is 8.74. The van der Waals surface area contributed by atoms with Crippen LogP contribution in [0.3, 0.4) is 0 Å². The van der Waals surface area contributed by atoms with E-state index in [1.807, 2.05) is 12.1 Å². The summed E-state index contributed by atoms with van der Waals surface area (Å²) in [5.41, 5.74) is 2.13. The van der Waals surface area contributed by atoms with Gasteiger partial charge in [-0.1, -0.05) is 26.8 Å². The standard InChI is InChI=1S/C32H40FN5O3/c1-19-26-13-21(32(26,2)3)14-28(19)36-31(37-12-10-23(39)17-37)35-22-6-8-25-29(15-22)34-18-38(30(25)40)11-9-20-5-7-24(41-4)16-27(20)33/h5-8,15-16,18-19,21,23,26,28,39H,9-14,17H2,1-4H3,(H,35,36)/t19-,21-,23-,26+,28-/m0/s1. The lowest BCUT2D eigenvalue weighted by Gasteiger charge is -2.61. The first kappa shape index (κ1) is 27.7. The number of β-amino-alcohol motifs (C(OH)–C–C–N with tert-alkyl or cyclic N) is 1. The van der Waals surface area contributed by atoms with Crippen LogP contribution in [-0.2, 0) is 13.0 Å². The lowest BCUT2D eigenvalue weighted by Crippen LogP contribution is -2.56. The van der Waals surface area contributed by atoms with Crippen molar-refractivity contribution in [3.63, 3.8) is 0 Å². The molecule has 218 valence electrons. The Morgan fingerprint density at radius 2 is 2.07 bits per heavy atom. The van der Waals surface area contributed by atoms with Gasteiger partial charge in [-0.25, -0.2) is 14.4 Å². The van der Waals surface area contributed by atoms with E-state index in [1.54, 1.807) is 18.2 Å². The Morgan fingerprint density at radius 1 is 1.24 bits per heavy atom. The van der Waals surface area contributed by atoms with Crippen molar-refractivity contribution in [2.45, 2.75) is 65.1 Å². The van der Waals surface area contributed by atoms with Gasteiger partial charge >= 0.3 is 0 Å². The van der Waals surface area contributed by atoms with Crippen LogP contribution in [0.15, 0.2) is 52.5 Å². The highest BCUT2D eigenvalue weighted by Crippen LogP contribution is 2.61. The van der Waals surface area contributed by atoms with Crippen LogP contribution in [-0.4, -0.2) is 57.9 Å². The first-order valence-corrected chi connectivity index (χ1v) is 14.7. The van der Waals surface area contributed by atoms with Crippen molar-refractivity contribution in [3.8, 4) is 5.75 Å². The number of hydrogen-bond donors (Lipinski definition) is 2. The van der Waals surface area contributed by atoms with Crippen molar-refractivity contribution < 1.29 is 14.2 Å². The number of fused-ring (bicyclic) bond motifs is 3. The molecule has 1 saturated heterocycles. The molecule has 8 nitrogen and oxygen atoms in total. The van der Waals surface area contributed by atoms with Crippen molar-refractivity contribution in [3.05, 3.63) is 64.5 Å². The average molecular weight is 562 g/mol. The number of aryl methyl sites for hydroxylation is 2. The Kier molecular flexibility index (Phi) is 7.26. The molecule has 2 aromatic carbocycles. The number of likely N-dealkylation sites (tertiary alicyclic amines) is 1. The Morgan fingerprint density at radius 3 is 2.76 bits per heavy atom. The molecule has 4 aliphatic rings. The van der Waals surface area contributed by atoms with Gasteiger partial charge in [0.25, 0.3) is 5.56 Å². The predicted molar refractivity (Wildman–Crippen MR) is 159 cm³/mol. The molecule has 4 fully saturated rings. The number of rotatable bonds is 6. The van der Waals surface area contributed by atoms with Gasteiger partial charge in [-0.15, -0.1) is 0 Å². The van der Waals surface area contributed by atoms with E-state index in [9.17, 15) is 14.3 Å². The van der Waals surface area contributed by atoms with Gasteiger partial charge in [0.15, 0.2) is 5.96 Å². The summed E-state index contributed by atoms with van der Waals surface area (Å²) in [5.74, 6) is 2.79. The summed E-state index contributed by atoms with van der Waals surface area (Å²) in [4.78, 5) is 25.2. The van der Waals surface area contributed by atoms with Gasteiger partial charge in [0.05, 0.1) is 36.5 Å². The number of aliphatic imine (C=N–C) groups is 1. The molecule has 0 radical (unpaired) electrons. The van der Waals surface area contributed by atoms with Crippen LogP contribution in [0.5, 0.6) is 5.75 Å². The van der Waals surface area contributed by atoms with Gasteiger partial charge < -0.3 is 20.1 Å². The summed E-state index contributed by atoms with van der Waals surface area (Å²) in [5, 5.41) is 14.3. The zero-order valence-corrected chi connectivity index (χ0v) is 24.3. The number of guanidine groups is 1. The molecule has 5 atom stereocenters. The van der Waals surface area contributed by atoms with E-state index >= 15 is 0 Å². The third-order valence-corrected chi connectivity index (χ3v) is 10.0. The SMILES string of the molecule is COc1ccc(CCn2cnc3cc(N/C(=N/[C@H]4C[C@@H]5C[C@H]([C@@H]4C)C5(C)C)N4CC[C@H](O)C4)ccc3c2=O)c(F)c1. The molecule has 1 aromatic heterocycles. The molecule has 3 saturated carbocycles. The van der Waals surface area contributed by atoms with Crippen LogP contribution in [0.1, 0.15) is 45.6 Å². The number of hydrogen-bond acceptors (Lipinski definition) is 5. The number of ether oxygens (including phenoxy) is 1. The van der Waals surface area contributed by atoms with Crippen LogP contribution >= 0.6 is 0 Å². The lowest BCUT2D eigenvalue weighted by molar-refractivity contribution is -0.108. The highest BCUT2D eigenvalue weighted by Gasteiger charge is 2.56. The van der Waals surface area contributed by atoms with E-state index in [4.69, 9.17) is 9.73 Å². The largest absolute Gasteiger partial charge is 0.497 e. The van der Waals surface area contributed by atoms with Crippen LogP contribution in [0.2, 0.25) is 0 Å². The fraction of sp³-hybridized carbons (Fsp3) is 0.531. The highest BCUT2D eigenvalue weighted by atomic mass is 19.1. The fourth-order valence-electron chi connectivity index (χ4n) is 7.20. The number of nitrogens with zero attached hydrogens (tertiary/aromatic N) is 4. The van der Waals surface area contributed by atoms with Gasteiger partial charge in [-0.3, -0.25) is 9.36 Å². The van der Waals surface area contributed by atoms with Gasteiger partial charge in [-0.05, 0) is 78.7 Å². The van der Waals surface area contributed by atoms with Crippen LogP contribution in [0.4, 0.5) is 10.1 Å². The van der Waals surface area contributed by atoms with Gasteiger partial charge in [0.2, 0.25) is 0 Å². The fourth-order valence-corrected chi connectivity index (χ4v) is 7.20. The third-order valence-electron chi connectivity index (χ3n) is 10.0. The number of halogens is 1. The quantitative estimate of drug-likeness (QED) is 0.335. The maximum absolute atomic E-state index is 14.4. The number of nitrogens with one attached hydrogen (secondary N) is 1. The van der Waals surface area contributed by atoms with E-state index in [-0.39, 0.29) is 23.5 Å². The number of aliphatic hydroxyl groups excluding tert-OH is 1. The molecule has 0 amide bonds. The second-order valence-electron chi connectivity index (χ2n) is 12.7. The molecular formula is C32H40FN5O3. The summed E-state index contributed by atoms with van der Waals surface area (Å²) < 4.78 is 21.0. The van der Waals surface area contributed by atoms with Gasteiger partial charge in [0.1, 0.15) is 11.6 Å². The average Bonchev–Trinajstić information content (AvgIpc) is 3.39. The normalized spacial score (nSPS) is 27.1. The molecule has 2 heterocycles. The van der Waals surface area contributed by atoms with Crippen LogP contribution in [0.25, 0.3) is 10.9 Å². The molecule has 3 aromatic rings. The maximum Gasteiger partial charge on any atom is 0.261 e. The molecule has 7 rings (SSSR count). The van der Waals surface area contributed by atoms with Crippen molar-refractivity contribution in [1.82, 2.24) is 14.5 Å². The number of benzene rings is 2. The molecular weight excluding hydrogens is 521 g/mol. The van der Waals surface area contributed by atoms with Gasteiger partial charge in [0, 0.05) is 31.4 Å². The van der Waals surface area contributed by atoms with E-state index < -0.39 is 0 Å². The third kappa shape index (κ3) is 5.20. The molecule has 41 heavy (non-hydrogen) atoms. The van der Waals surface area contributed by atoms with E-state index in [0.29, 0.717) is 64.9 Å². The molecule has 2 N–H and O–H groups in total. The van der Waals surface area contributed by atoms with Crippen molar-refractivity contribution >= 4 is 22.5 Å². The van der Waals surface area contributed by atoms with E-state index in [0.717, 1.165) is 31.0 Å². The molecule has 2 bridgehead atoms. The molecule has 0 spiro atoms. The first-order valence-electron chi connectivity index (χ1n) is 14.7. The number of aromatic nitrogens is 2. The zero-order chi connectivity index (χ0) is 28.9. The minimum atomic E-state index is -0.360. The van der Waals surface area contributed by atoms with E-state index in [1.165, 1.54) is 30.5 Å². The Bertz CT molecular complexity index is 1540. The smallest absolute Gasteiger partial charge is 0.261 e. The van der Waals surface area contributed by atoms with Crippen LogP contribution in [0, 0.1) is 29.0 Å². The monoisotopic (exact) mass is 561 g/mol. The predicted octanol–water partition coefficient (Wildman–Crippen LogP) is 4.69. The number of methoxy groups -OCH3 is 1. The number of anilines is 1.